The van der Waals surface area contributed by atoms with Gasteiger partial charge in [-0.15, -0.1) is 11.3 Å². The number of carbonyl (C=O) groups is 7. The molecule has 1 aromatic heterocycles. The number of hydrogen-bond acceptors (Lipinski definition) is 11. The third-order valence-electron chi connectivity index (χ3n) is 11.8. The van der Waals surface area contributed by atoms with Crippen molar-refractivity contribution in [3.63, 3.8) is 0 Å². The largest absolute Gasteiger partial charge is 0.391 e. The molecule has 0 aliphatic carbocycles. The van der Waals surface area contributed by atoms with E-state index >= 15 is 0 Å². The molecule has 2 aromatic carbocycles. The molecule has 5 N–H and O–H groups in total. The number of unbranched alkanes of at least 4 members (excludes halogenated alkanes) is 7. The summed E-state index contributed by atoms with van der Waals surface area (Å²) < 4.78 is 0. The van der Waals surface area contributed by atoms with Crippen molar-refractivity contribution in [3.8, 4) is 10.4 Å². The number of aliphatic hydroxyl groups is 1. The number of imide groups is 2. The van der Waals surface area contributed by atoms with E-state index in [1.54, 1.807) is 29.5 Å². The van der Waals surface area contributed by atoms with E-state index in [1.807, 2.05) is 57.5 Å². The van der Waals surface area contributed by atoms with Gasteiger partial charge in [-0.05, 0) is 54.9 Å². The topological polar surface area (TPSA) is 207 Å². The fourth-order valence-corrected chi connectivity index (χ4v) is 9.18. The summed E-state index contributed by atoms with van der Waals surface area (Å²) in [6.07, 6.45) is 7.19. The number of carbonyl (C=O) groups excluding carboxylic acids is 7. The summed E-state index contributed by atoms with van der Waals surface area (Å²) in [6, 6.07) is 10.2. The smallest absolute Gasteiger partial charge is 0.264 e. The SMILES string of the molecule is Cc1ncsc1-c1ccc(CNC(=O)C2CC(O)CN2C(=O)C(NC(=O)CCCCCCCCCCNc2cccc3c2C(=O)N(C2CCC(=O)NC2=O)C3=O)C(C)(C)C)cc1. The van der Waals surface area contributed by atoms with Crippen molar-refractivity contribution in [2.24, 2.45) is 5.41 Å². The fraction of sp³-hybridized carbons (Fsp3) is 0.522. The molecule has 3 aliphatic heterocycles. The minimum absolute atomic E-state index is 0.0177. The molecule has 0 radical (unpaired) electrons. The van der Waals surface area contributed by atoms with Crippen LogP contribution in [-0.4, -0.2) is 98.6 Å². The van der Waals surface area contributed by atoms with E-state index in [0.29, 0.717) is 18.7 Å². The monoisotopic (exact) mass is 869 g/mol. The van der Waals surface area contributed by atoms with Crippen LogP contribution in [0.3, 0.4) is 0 Å². The Morgan fingerprint density at radius 3 is 2.29 bits per heavy atom. The molecule has 6 rings (SSSR count). The highest BCUT2D eigenvalue weighted by molar-refractivity contribution is 7.13. The summed E-state index contributed by atoms with van der Waals surface area (Å²) in [5.41, 5.74) is 5.17. The fourth-order valence-electron chi connectivity index (χ4n) is 8.37. The number of nitrogens with one attached hydrogen (secondary N) is 4. The maximum atomic E-state index is 14.0. The Kier molecular flexibility index (Phi) is 15.3. The van der Waals surface area contributed by atoms with Crippen molar-refractivity contribution in [3.05, 3.63) is 70.4 Å². The summed E-state index contributed by atoms with van der Waals surface area (Å²) in [4.78, 5) is 98.7. The Labute approximate surface area is 366 Å². The molecule has 16 heteroatoms. The molecule has 3 aliphatic rings. The van der Waals surface area contributed by atoms with Crippen LogP contribution in [0.25, 0.3) is 10.4 Å². The van der Waals surface area contributed by atoms with Crippen molar-refractivity contribution in [2.75, 3.05) is 18.4 Å². The lowest BCUT2D eigenvalue weighted by molar-refractivity contribution is -0.144. The molecule has 4 unspecified atom stereocenters. The highest BCUT2D eigenvalue weighted by Gasteiger charge is 2.46. The number of anilines is 1. The summed E-state index contributed by atoms with van der Waals surface area (Å²) in [7, 11) is 0. The molecular formula is C46H59N7O8S. The van der Waals surface area contributed by atoms with E-state index in [-0.39, 0.29) is 67.6 Å². The normalized spacial score (nSPS) is 19.3. The van der Waals surface area contributed by atoms with Crippen LogP contribution >= 0.6 is 11.3 Å². The number of β-amino-alcohol motifs (C(OH)–C–C–N with tert-alkyl or cyclic N) is 1. The first-order valence-corrected chi connectivity index (χ1v) is 22.7. The zero-order valence-corrected chi connectivity index (χ0v) is 36.9. The van der Waals surface area contributed by atoms with E-state index in [0.717, 1.165) is 71.5 Å². The van der Waals surface area contributed by atoms with Crippen LogP contribution in [0.15, 0.2) is 48.0 Å². The predicted molar refractivity (Wildman–Crippen MR) is 235 cm³/mol. The molecule has 0 bridgehead atoms. The molecule has 2 fully saturated rings. The average molecular weight is 870 g/mol. The lowest BCUT2D eigenvalue weighted by Gasteiger charge is -2.35. The minimum Gasteiger partial charge on any atom is -0.391 e. The number of nitrogens with zero attached hydrogens (tertiary/aromatic N) is 3. The van der Waals surface area contributed by atoms with Gasteiger partial charge in [0, 0.05) is 44.6 Å². The van der Waals surface area contributed by atoms with E-state index in [2.05, 4.69) is 26.3 Å². The van der Waals surface area contributed by atoms with Crippen molar-refractivity contribution in [1.82, 2.24) is 30.7 Å². The Morgan fingerprint density at radius 1 is 0.935 bits per heavy atom. The molecule has 4 atom stereocenters. The standard InChI is InChI=1S/C46H59N7O8S/c1-28-39(62-27-49-28)30-19-17-29(18-20-30)25-48-41(57)35-24-31(54)26-52(35)45(61)40(46(2,3)4)50-36(55)16-11-9-7-5-6-8-10-12-23-47-33-15-13-14-32-38(33)44(60)53(43(32)59)34-21-22-37(56)51-42(34)58/h13-15,17-20,27,31,34-35,40,47,54H,5-12,16,21-26H2,1-4H3,(H,48,57)(H,50,55)(H,51,56,58). The van der Waals surface area contributed by atoms with Gasteiger partial charge in [0.05, 0.1) is 33.3 Å². The average Bonchev–Trinajstić information content (AvgIpc) is 3.92. The number of aliphatic hydroxyl groups excluding tert-OH is 1. The Hall–Kier alpha value is -5.48. The van der Waals surface area contributed by atoms with Gasteiger partial charge in [-0.2, -0.15) is 0 Å². The quantitative estimate of drug-likeness (QED) is 0.0781. The van der Waals surface area contributed by atoms with Gasteiger partial charge in [0.2, 0.25) is 29.5 Å². The van der Waals surface area contributed by atoms with Crippen molar-refractivity contribution < 1.29 is 38.7 Å². The second kappa shape index (κ2) is 20.6. The zero-order valence-electron chi connectivity index (χ0n) is 36.1. The number of piperidine rings is 1. The van der Waals surface area contributed by atoms with Gasteiger partial charge in [-0.3, -0.25) is 43.8 Å². The van der Waals surface area contributed by atoms with Gasteiger partial charge in [-0.1, -0.05) is 89.6 Å². The van der Waals surface area contributed by atoms with E-state index in [1.165, 1.54) is 4.90 Å². The predicted octanol–water partition coefficient (Wildman–Crippen LogP) is 5.25. The molecule has 0 spiro atoms. The van der Waals surface area contributed by atoms with Crippen LogP contribution in [-0.2, 0) is 30.5 Å². The van der Waals surface area contributed by atoms with Crippen molar-refractivity contribution >= 4 is 58.4 Å². The molecule has 15 nitrogen and oxygen atoms in total. The lowest BCUT2D eigenvalue weighted by Crippen LogP contribution is -2.57. The molecule has 2 saturated heterocycles. The van der Waals surface area contributed by atoms with Gasteiger partial charge in [0.15, 0.2) is 0 Å². The molecule has 7 amide bonds. The second-order valence-corrected chi connectivity index (χ2v) is 18.5. The lowest BCUT2D eigenvalue weighted by atomic mass is 9.85. The Balaban J connectivity index is 0.867. The number of hydrogen-bond donors (Lipinski definition) is 5. The maximum absolute atomic E-state index is 14.0. The first-order valence-electron chi connectivity index (χ1n) is 21.8. The van der Waals surface area contributed by atoms with Crippen LogP contribution in [0.1, 0.15) is 130 Å². The van der Waals surface area contributed by atoms with Crippen LogP contribution < -0.4 is 21.3 Å². The third kappa shape index (κ3) is 11.1. The summed E-state index contributed by atoms with van der Waals surface area (Å²) in [5, 5.41) is 22.0. The molecule has 4 heterocycles. The number of amides is 7. The van der Waals surface area contributed by atoms with Gasteiger partial charge in [0.25, 0.3) is 11.8 Å². The number of rotatable bonds is 19. The molecular weight excluding hydrogens is 811 g/mol. The van der Waals surface area contributed by atoms with Gasteiger partial charge in [-0.25, -0.2) is 4.98 Å². The van der Waals surface area contributed by atoms with E-state index in [9.17, 15) is 38.7 Å². The van der Waals surface area contributed by atoms with Crippen LogP contribution in [0.5, 0.6) is 0 Å². The van der Waals surface area contributed by atoms with Gasteiger partial charge >= 0.3 is 0 Å². The number of thiazole rings is 1. The first kappa shape index (κ1) is 46.0. The van der Waals surface area contributed by atoms with Crippen LogP contribution in [0.2, 0.25) is 0 Å². The van der Waals surface area contributed by atoms with Crippen LogP contribution in [0, 0.1) is 12.3 Å². The number of fused-ring (bicyclic) bond motifs is 1. The highest BCUT2D eigenvalue weighted by atomic mass is 32.1. The van der Waals surface area contributed by atoms with E-state index < -0.39 is 53.3 Å². The number of aromatic nitrogens is 1. The maximum Gasteiger partial charge on any atom is 0.264 e. The first-order chi connectivity index (χ1) is 29.6. The van der Waals surface area contributed by atoms with Gasteiger partial charge in [0.1, 0.15) is 18.1 Å². The minimum atomic E-state index is -1.00. The summed E-state index contributed by atoms with van der Waals surface area (Å²) in [6.45, 7) is 8.50. The Morgan fingerprint density at radius 2 is 1.63 bits per heavy atom. The second-order valence-electron chi connectivity index (χ2n) is 17.6. The number of aryl methyl sites for hydroxylation is 1. The molecule has 62 heavy (non-hydrogen) atoms. The van der Waals surface area contributed by atoms with Crippen molar-refractivity contribution in [1.29, 1.82) is 0 Å². The molecule has 0 saturated carbocycles. The number of likely N-dealkylation sites (tertiary alicyclic amines) is 1. The summed E-state index contributed by atoms with van der Waals surface area (Å²) in [5.74, 6) is -3.05. The zero-order chi connectivity index (χ0) is 44.6. The van der Waals surface area contributed by atoms with E-state index in [4.69, 9.17) is 0 Å². The van der Waals surface area contributed by atoms with Crippen molar-refractivity contribution in [2.45, 2.75) is 136 Å². The van der Waals surface area contributed by atoms with Crippen LogP contribution in [0.4, 0.5) is 5.69 Å². The molecule has 3 aromatic rings. The summed E-state index contributed by atoms with van der Waals surface area (Å²) >= 11 is 1.57. The Bertz CT molecular complexity index is 2150. The highest BCUT2D eigenvalue weighted by Crippen LogP contribution is 2.33. The molecule has 332 valence electrons. The third-order valence-corrected chi connectivity index (χ3v) is 12.8. The number of benzene rings is 2. The van der Waals surface area contributed by atoms with Gasteiger partial charge < -0.3 is 26.0 Å².